The van der Waals surface area contributed by atoms with Crippen molar-refractivity contribution in [1.82, 2.24) is 20.4 Å². The van der Waals surface area contributed by atoms with E-state index in [1.165, 1.54) is 0 Å². The molecule has 1 aromatic carbocycles. The first-order valence-electron chi connectivity index (χ1n) is 6.07. The fourth-order valence-corrected chi connectivity index (χ4v) is 1.65. The number of rotatable bonds is 4. The molecular weight excluding hydrogens is 244 g/mol. The molecule has 0 aliphatic carbocycles. The Morgan fingerprint density at radius 1 is 1.42 bits per heavy atom. The van der Waals surface area contributed by atoms with Crippen LogP contribution >= 0.6 is 0 Å². The first kappa shape index (κ1) is 13.1. The van der Waals surface area contributed by atoms with Gasteiger partial charge in [0.1, 0.15) is 0 Å². The number of likely N-dealkylation sites (N-methyl/N-ethyl adjacent to an activating group) is 1. The molecule has 100 valence electrons. The van der Waals surface area contributed by atoms with E-state index < -0.39 is 0 Å². The number of H-pyrrole nitrogens is 1. The van der Waals surface area contributed by atoms with Gasteiger partial charge in [-0.1, -0.05) is 6.07 Å². The maximum atomic E-state index is 11.9. The van der Waals surface area contributed by atoms with Crippen molar-refractivity contribution >= 4 is 22.7 Å². The lowest BCUT2D eigenvalue weighted by Crippen LogP contribution is -2.37. The van der Waals surface area contributed by atoms with Crippen molar-refractivity contribution < 1.29 is 9.59 Å². The van der Waals surface area contributed by atoms with Crippen molar-refractivity contribution in [2.75, 3.05) is 20.1 Å². The van der Waals surface area contributed by atoms with Gasteiger partial charge in [0.2, 0.25) is 5.91 Å². The van der Waals surface area contributed by atoms with E-state index in [1.54, 1.807) is 30.3 Å². The maximum absolute atomic E-state index is 11.9. The van der Waals surface area contributed by atoms with Gasteiger partial charge in [0.05, 0.1) is 18.3 Å². The fourth-order valence-electron chi connectivity index (χ4n) is 1.65. The summed E-state index contributed by atoms with van der Waals surface area (Å²) in [6.45, 7) is 2.50. The van der Waals surface area contributed by atoms with Crippen molar-refractivity contribution in [3.63, 3.8) is 0 Å². The molecule has 0 fully saturated rings. The normalized spacial score (nSPS) is 10.4. The van der Waals surface area contributed by atoms with Crippen molar-refractivity contribution in [2.24, 2.45) is 0 Å². The van der Waals surface area contributed by atoms with Crippen molar-refractivity contribution in [3.8, 4) is 0 Å². The van der Waals surface area contributed by atoms with Crippen LogP contribution < -0.4 is 5.32 Å². The Labute approximate surface area is 110 Å². The van der Waals surface area contributed by atoms with Gasteiger partial charge in [0.25, 0.3) is 5.91 Å². The minimum absolute atomic E-state index is 0.00415. The highest BCUT2D eigenvalue weighted by molar-refractivity contribution is 5.99. The topological polar surface area (TPSA) is 78.1 Å². The number of carbonyl (C=O) groups is 2. The summed E-state index contributed by atoms with van der Waals surface area (Å²) in [4.78, 5) is 25.0. The quantitative estimate of drug-likeness (QED) is 0.852. The number of nitrogens with zero attached hydrogens (tertiary/aromatic N) is 2. The second-order valence-electron chi connectivity index (χ2n) is 4.26. The van der Waals surface area contributed by atoms with E-state index in [0.29, 0.717) is 12.1 Å². The van der Waals surface area contributed by atoms with Gasteiger partial charge in [-0.25, -0.2) is 0 Å². The highest BCUT2D eigenvalue weighted by Crippen LogP contribution is 2.12. The SMILES string of the molecule is CCN(C)C(=O)CNC(=O)c1ccc2cn[nH]c2c1. The van der Waals surface area contributed by atoms with E-state index >= 15 is 0 Å². The second-order valence-corrected chi connectivity index (χ2v) is 4.26. The Morgan fingerprint density at radius 3 is 2.95 bits per heavy atom. The summed E-state index contributed by atoms with van der Waals surface area (Å²) < 4.78 is 0. The van der Waals surface area contributed by atoms with Gasteiger partial charge in [-0.15, -0.1) is 0 Å². The first-order valence-corrected chi connectivity index (χ1v) is 6.07. The third-order valence-electron chi connectivity index (χ3n) is 3.00. The molecule has 2 N–H and O–H groups in total. The fraction of sp³-hybridized carbons (Fsp3) is 0.308. The molecular formula is C13H16N4O2. The Kier molecular flexibility index (Phi) is 3.79. The molecule has 0 bridgehead atoms. The first-order chi connectivity index (χ1) is 9.11. The van der Waals surface area contributed by atoms with Gasteiger partial charge in [-0.3, -0.25) is 14.7 Å². The van der Waals surface area contributed by atoms with Crippen molar-refractivity contribution in [3.05, 3.63) is 30.0 Å². The number of benzene rings is 1. The number of hydrogen-bond donors (Lipinski definition) is 2. The van der Waals surface area contributed by atoms with Crippen LogP contribution in [0.4, 0.5) is 0 Å². The Balaban J connectivity index is 2.01. The van der Waals surface area contributed by atoms with E-state index in [4.69, 9.17) is 0 Å². The van der Waals surface area contributed by atoms with Gasteiger partial charge >= 0.3 is 0 Å². The van der Waals surface area contributed by atoms with Gasteiger partial charge in [0, 0.05) is 24.5 Å². The zero-order chi connectivity index (χ0) is 13.8. The van der Waals surface area contributed by atoms with Crippen LogP contribution in [0.5, 0.6) is 0 Å². The largest absolute Gasteiger partial charge is 0.345 e. The van der Waals surface area contributed by atoms with Gasteiger partial charge in [-0.2, -0.15) is 5.10 Å². The second kappa shape index (κ2) is 5.51. The summed E-state index contributed by atoms with van der Waals surface area (Å²) in [6, 6.07) is 5.24. The van der Waals surface area contributed by atoms with E-state index in [2.05, 4.69) is 15.5 Å². The summed E-state index contributed by atoms with van der Waals surface area (Å²) in [5.74, 6) is -0.382. The molecule has 0 radical (unpaired) electrons. The van der Waals surface area contributed by atoms with Crippen LogP contribution in [0.1, 0.15) is 17.3 Å². The lowest BCUT2D eigenvalue weighted by molar-refractivity contribution is -0.128. The van der Waals surface area contributed by atoms with Crippen LogP contribution in [0.3, 0.4) is 0 Å². The molecule has 0 unspecified atom stereocenters. The number of nitrogens with one attached hydrogen (secondary N) is 2. The molecule has 1 aromatic heterocycles. The third-order valence-corrected chi connectivity index (χ3v) is 3.00. The number of hydrogen-bond acceptors (Lipinski definition) is 3. The average molecular weight is 260 g/mol. The Bertz CT molecular complexity index is 605. The number of aromatic nitrogens is 2. The highest BCUT2D eigenvalue weighted by atomic mass is 16.2. The smallest absolute Gasteiger partial charge is 0.251 e. The number of fused-ring (bicyclic) bond motifs is 1. The minimum Gasteiger partial charge on any atom is -0.345 e. The van der Waals surface area contributed by atoms with Crippen LogP contribution in [0, 0.1) is 0 Å². The maximum Gasteiger partial charge on any atom is 0.251 e. The monoisotopic (exact) mass is 260 g/mol. The summed E-state index contributed by atoms with van der Waals surface area (Å²) in [6.07, 6.45) is 1.69. The Morgan fingerprint density at radius 2 is 2.21 bits per heavy atom. The van der Waals surface area contributed by atoms with Gasteiger partial charge < -0.3 is 10.2 Å². The van der Waals surface area contributed by atoms with Crippen LogP contribution in [0.2, 0.25) is 0 Å². The molecule has 2 amide bonds. The van der Waals surface area contributed by atoms with Crippen LogP contribution in [-0.2, 0) is 4.79 Å². The molecule has 0 spiro atoms. The minimum atomic E-state index is -0.269. The molecule has 0 saturated heterocycles. The summed E-state index contributed by atoms with van der Waals surface area (Å²) in [7, 11) is 1.70. The number of aromatic amines is 1. The molecule has 0 aliphatic heterocycles. The van der Waals surface area contributed by atoms with E-state index in [1.807, 2.05) is 13.0 Å². The zero-order valence-electron chi connectivity index (χ0n) is 10.9. The van der Waals surface area contributed by atoms with Crippen LogP contribution in [0.25, 0.3) is 10.9 Å². The molecule has 2 aromatic rings. The molecule has 6 nitrogen and oxygen atoms in total. The standard InChI is InChI=1S/C13H16N4O2/c1-3-17(2)12(18)8-14-13(19)9-4-5-10-7-15-16-11(10)6-9/h4-7H,3,8H2,1-2H3,(H,14,19)(H,15,16). The number of carbonyl (C=O) groups excluding carboxylic acids is 2. The molecule has 6 heteroatoms. The summed E-state index contributed by atoms with van der Waals surface area (Å²) >= 11 is 0. The molecule has 0 saturated carbocycles. The average Bonchev–Trinajstić information content (AvgIpc) is 2.90. The van der Waals surface area contributed by atoms with Crippen LogP contribution in [-0.4, -0.2) is 47.0 Å². The van der Waals surface area contributed by atoms with E-state index in [9.17, 15) is 9.59 Å². The third kappa shape index (κ3) is 2.90. The number of amides is 2. The van der Waals surface area contributed by atoms with Crippen LogP contribution in [0.15, 0.2) is 24.4 Å². The molecule has 0 atom stereocenters. The summed E-state index contributed by atoms with van der Waals surface area (Å²) in [5.41, 5.74) is 1.30. The van der Waals surface area contributed by atoms with E-state index in [0.717, 1.165) is 10.9 Å². The Hall–Kier alpha value is -2.37. The predicted molar refractivity (Wildman–Crippen MR) is 71.7 cm³/mol. The lowest BCUT2D eigenvalue weighted by atomic mass is 10.1. The molecule has 2 rings (SSSR count). The predicted octanol–water partition coefficient (Wildman–Crippen LogP) is 0.771. The lowest BCUT2D eigenvalue weighted by Gasteiger charge is -2.14. The molecule has 19 heavy (non-hydrogen) atoms. The highest BCUT2D eigenvalue weighted by Gasteiger charge is 2.11. The molecule has 1 heterocycles. The van der Waals surface area contributed by atoms with Crippen molar-refractivity contribution in [1.29, 1.82) is 0 Å². The van der Waals surface area contributed by atoms with Crippen molar-refractivity contribution in [2.45, 2.75) is 6.92 Å². The summed E-state index contributed by atoms with van der Waals surface area (Å²) in [5, 5.41) is 10.2. The van der Waals surface area contributed by atoms with E-state index in [-0.39, 0.29) is 18.4 Å². The van der Waals surface area contributed by atoms with Gasteiger partial charge in [0.15, 0.2) is 0 Å². The van der Waals surface area contributed by atoms with Gasteiger partial charge in [-0.05, 0) is 19.1 Å². The molecule has 0 aliphatic rings. The zero-order valence-corrected chi connectivity index (χ0v) is 10.9.